The molecule has 1 heterocycles. The van der Waals surface area contributed by atoms with E-state index < -0.39 is 0 Å². The van der Waals surface area contributed by atoms with Crippen LogP contribution in [-0.4, -0.2) is 4.57 Å². The molecule has 0 radical (unpaired) electrons. The van der Waals surface area contributed by atoms with Gasteiger partial charge in [0, 0.05) is 5.69 Å². The van der Waals surface area contributed by atoms with Crippen LogP contribution in [0.3, 0.4) is 0 Å². The Hall–Kier alpha value is -1.25. The molecule has 2 aromatic rings. The molecule has 0 saturated carbocycles. The first-order valence-corrected chi connectivity index (χ1v) is 5.94. The summed E-state index contributed by atoms with van der Waals surface area (Å²) in [6, 6.07) is 11.2. The van der Waals surface area contributed by atoms with Crippen LogP contribution in [0.2, 0.25) is 10.0 Å². The summed E-state index contributed by atoms with van der Waals surface area (Å²) in [6.45, 7) is 2.29. The number of halogens is 2. The largest absolute Gasteiger partial charge is 0.306 e. The summed E-state index contributed by atoms with van der Waals surface area (Å²) >= 11 is 11.9. The number of aromatic nitrogens is 1. The Balaban J connectivity index is 2.50. The van der Waals surface area contributed by atoms with Crippen LogP contribution in [0, 0.1) is 6.92 Å². The summed E-state index contributed by atoms with van der Waals surface area (Å²) in [4.78, 5) is 11.9. The summed E-state index contributed by atoms with van der Waals surface area (Å²) < 4.78 is 1.58. The molecule has 0 spiro atoms. The smallest absolute Gasteiger partial charge is 0.269 e. The van der Waals surface area contributed by atoms with Crippen LogP contribution in [-0.2, 0) is 6.54 Å². The third-order valence-corrected chi connectivity index (χ3v) is 3.29. The van der Waals surface area contributed by atoms with Crippen molar-refractivity contribution in [1.29, 1.82) is 0 Å². The van der Waals surface area contributed by atoms with E-state index in [0.717, 1.165) is 11.3 Å². The highest BCUT2D eigenvalue weighted by atomic mass is 35.5. The van der Waals surface area contributed by atoms with Crippen LogP contribution in [0.1, 0.15) is 11.3 Å². The Morgan fingerprint density at radius 2 is 1.76 bits per heavy atom. The van der Waals surface area contributed by atoms with Crippen molar-refractivity contribution < 1.29 is 0 Å². The molecule has 1 aromatic heterocycles. The summed E-state index contributed by atoms with van der Waals surface area (Å²) in [6.07, 6.45) is 0. The molecule has 17 heavy (non-hydrogen) atoms. The van der Waals surface area contributed by atoms with Gasteiger partial charge < -0.3 is 4.57 Å². The summed E-state index contributed by atoms with van der Waals surface area (Å²) in [5.41, 5.74) is 1.55. The number of rotatable bonds is 2. The average Bonchev–Trinajstić information content (AvgIpc) is 2.33. The second kappa shape index (κ2) is 4.94. The monoisotopic (exact) mass is 267 g/mol. The summed E-state index contributed by atoms with van der Waals surface area (Å²) in [5.74, 6) is 0. The Morgan fingerprint density at radius 3 is 2.41 bits per heavy atom. The molecule has 0 bridgehead atoms. The molecule has 1 aromatic carbocycles. The van der Waals surface area contributed by atoms with Gasteiger partial charge in [0.25, 0.3) is 5.56 Å². The van der Waals surface area contributed by atoms with Gasteiger partial charge in [0.05, 0.1) is 11.6 Å². The van der Waals surface area contributed by atoms with E-state index in [0.29, 0.717) is 11.6 Å². The van der Waals surface area contributed by atoms with Gasteiger partial charge in [0.1, 0.15) is 5.02 Å². The van der Waals surface area contributed by atoms with Crippen LogP contribution in [0.25, 0.3) is 0 Å². The number of pyridine rings is 1. The van der Waals surface area contributed by atoms with Crippen molar-refractivity contribution in [2.45, 2.75) is 13.5 Å². The third kappa shape index (κ3) is 2.54. The van der Waals surface area contributed by atoms with E-state index in [-0.39, 0.29) is 10.6 Å². The van der Waals surface area contributed by atoms with Crippen LogP contribution in [0.5, 0.6) is 0 Å². The molecule has 88 valence electrons. The lowest BCUT2D eigenvalue weighted by molar-refractivity contribution is 0.730. The van der Waals surface area contributed by atoms with Crippen molar-refractivity contribution in [3.63, 3.8) is 0 Å². The number of hydrogen-bond acceptors (Lipinski definition) is 1. The van der Waals surface area contributed by atoms with Crippen molar-refractivity contribution in [3.05, 3.63) is 68.1 Å². The fourth-order valence-electron chi connectivity index (χ4n) is 1.64. The highest BCUT2D eigenvalue weighted by molar-refractivity contribution is 6.34. The Kier molecular flexibility index (Phi) is 3.55. The van der Waals surface area contributed by atoms with E-state index in [1.807, 2.05) is 37.3 Å². The molecule has 2 rings (SSSR count). The van der Waals surface area contributed by atoms with E-state index in [1.165, 1.54) is 6.07 Å². The van der Waals surface area contributed by atoms with Crippen molar-refractivity contribution >= 4 is 23.2 Å². The van der Waals surface area contributed by atoms with Crippen LogP contribution in [0.4, 0.5) is 0 Å². The highest BCUT2D eigenvalue weighted by Crippen LogP contribution is 2.17. The predicted molar refractivity (Wildman–Crippen MR) is 71.0 cm³/mol. The fraction of sp³-hybridized carbons (Fsp3) is 0.154. The zero-order valence-electron chi connectivity index (χ0n) is 9.28. The summed E-state index contributed by atoms with van der Waals surface area (Å²) in [5, 5.41) is 0.655. The fourth-order valence-corrected chi connectivity index (χ4v) is 2.12. The molecule has 0 fully saturated rings. The first-order chi connectivity index (χ1) is 8.09. The van der Waals surface area contributed by atoms with Gasteiger partial charge in [-0.2, -0.15) is 0 Å². The zero-order chi connectivity index (χ0) is 12.4. The lowest BCUT2D eigenvalue weighted by atomic mass is 10.2. The van der Waals surface area contributed by atoms with Gasteiger partial charge in [0.15, 0.2) is 0 Å². The molecule has 0 aliphatic heterocycles. The number of hydrogen-bond donors (Lipinski definition) is 0. The van der Waals surface area contributed by atoms with E-state index in [9.17, 15) is 4.79 Å². The molecule has 0 amide bonds. The molecule has 0 aliphatic rings. The maximum absolute atomic E-state index is 11.9. The van der Waals surface area contributed by atoms with Crippen molar-refractivity contribution in [2.75, 3.05) is 0 Å². The van der Waals surface area contributed by atoms with Gasteiger partial charge in [-0.05, 0) is 18.6 Å². The molecule has 4 heteroatoms. The molecular weight excluding hydrogens is 257 g/mol. The topological polar surface area (TPSA) is 22.0 Å². The maximum atomic E-state index is 11.9. The Labute approximate surface area is 109 Å². The molecule has 2 nitrogen and oxygen atoms in total. The van der Waals surface area contributed by atoms with Gasteiger partial charge >= 0.3 is 0 Å². The second-order valence-electron chi connectivity index (χ2n) is 3.80. The van der Waals surface area contributed by atoms with E-state index in [1.54, 1.807) is 4.57 Å². The normalized spacial score (nSPS) is 10.5. The van der Waals surface area contributed by atoms with Gasteiger partial charge in [-0.1, -0.05) is 53.5 Å². The minimum absolute atomic E-state index is 0.150. The first kappa shape index (κ1) is 12.2. The van der Waals surface area contributed by atoms with Gasteiger partial charge in [0.2, 0.25) is 0 Å². The molecule has 0 saturated heterocycles. The van der Waals surface area contributed by atoms with E-state index in [2.05, 4.69) is 0 Å². The van der Waals surface area contributed by atoms with Crippen molar-refractivity contribution in [2.24, 2.45) is 0 Å². The van der Waals surface area contributed by atoms with Crippen molar-refractivity contribution in [1.82, 2.24) is 4.57 Å². The first-order valence-electron chi connectivity index (χ1n) is 5.19. The zero-order valence-corrected chi connectivity index (χ0v) is 10.8. The second-order valence-corrected chi connectivity index (χ2v) is 4.62. The highest BCUT2D eigenvalue weighted by Gasteiger charge is 2.09. The summed E-state index contributed by atoms with van der Waals surface area (Å²) in [7, 11) is 0. The Bertz CT molecular complexity index is 590. The van der Waals surface area contributed by atoms with Crippen molar-refractivity contribution in [3.8, 4) is 0 Å². The van der Waals surface area contributed by atoms with Crippen LogP contribution >= 0.6 is 23.2 Å². The maximum Gasteiger partial charge on any atom is 0.269 e. The minimum Gasteiger partial charge on any atom is -0.306 e. The minimum atomic E-state index is -0.211. The molecule has 0 N–H and O–H groups in total. The quantitative estimate of drug-likeness (QED) is 0.816. The lowest BCUT2D eigenvalue weighted by Gasteiger charge is -2.11. The molecule has 0 atom stereocenters. The number of nitrogens with zero attached hydrogens (tertiary/aromatic N) is 1. The van der Waals surface area contributed by atoms with E-state index in [4.69, 9.17) is 23.2 Å². The van der Waals surface area contributed by atoms with Gasteiger partial charge in [-0.15, -0.1) is 0 Å². The predicted octanol–water partition coefficient (Wildman–Crippen LogP) is 3.51. The SMILES string of the molecule is Cc1c(Cl)cc(Cl)c(=O)n1Cc1ccccc1. The Morgan fingerprint density at radius 1 is 1.12 bits per heavy atom. The van der Waals surface area contributed by atoms with Gasteiger partial charge in [-0.25, -0.2) is 0 Å². The lowest BCUT2D eigenvalue weighted by Crippen LogP contribution is -2.23. The van der Waals surface area contributed by atoms with E-state index >= 15 is 0 Å². The third-order valence-electron chi connectivity index (χ3n) is 2.64. The number of benzene rings is 1. The van der Waals surface area contributed by atoms with Crippen LogP contribution < -0.4 is 5.56 Å². The standard InChI is InChI=1S/C13H11Cl2NO/c1-9-11(14)7-12(15)13(17)16(9)8-10-5-3-2-4-6-10/h2-7H,8H2,1H3. The van der Waals surface area contributed by atoms with Crippen LogP contribution in [0.15, 0.2) is 41.2 Å². The molecule has 0 aliphatic carbocycles. The van der Waals surface area contributed by atoms with Gasteiger partial charge in [-0.3, -0.25) is 4.79 Å². The average molecular weight is 268 g/mol. The molecular formula is C13H11Cl2NO. The molecule has 0 unspecified atom stereocenters.